The lowest BCUT2D eigenvalue weighted by molar-refractivity contribution is 0.298. The van der Waals surface area contributed by atoms with Crippen molar-refractivity contribution in [3.8, 4) is 5.75 Å². The minimum atomic E-state index is 0.376. The lowest BCUT2D eigenvalue weighted by Gasteiger charge is -2.16. The highest BCUT2D eigenvalue weighted by atomic mass is 16.5. The van der Waals surface area contributed by atoms with E-state index < -0.39 is 0 Å². The van der Waals surface area contributed by atoms with Crippen molar-refractivity contribution in [2.75, 3.05) is 13.2 Å². The van der Waals surface area contributed by atoms with Crippen LogP contribution in [0.25, 0.3) is 0 Å². The SMILES string of the molecule is NCC(CCOc1ccc2c(c1)CCC2)c1ccccc1. The number of rotatable bonds is 6. The molecule has 2 aromatic rings. The molecule has 2 N–H and O–H groups in total. The maximum Gasteiger partial charge on any atom is 0.119 e. The second-order valence-electron chi connectivity index (χ2n) is 5.76. The lowest BCUT2D eigenvalue weighted by atomic mass is 9.96. The fourth-order valence-corrected chi connectivity index (χ4v) is 3.10. The van der Waals surface area contributed by atoms with Gasteiger partial charge < -0.3 is 10.5 Å². The number of benzene rings is 2. The van der Waals surface area contributed by atoms with Gasteiger partial charge in [-0.05, 0) is 67.0 Å². The van der Waals surface area contributed by atoms with Gasteiger partial charge in [0.15, 0.2) is 0 Å². The molecule has 0 aromatic heterocycles. The van der Waals surface area contributed by atoms with E-state index >= 15 is 0 Å². The minimum Gasteiger partial charge on any atom is -0.494 e. The molecule has 110 valence electrons. The molecule has 1 aliphatic rings. The second kappa shape index (κ2) is 6.77. The Morgan fingerprint density at radius 3 is 2.62 bits per heavy atom. The third-order valence-corrected chi connectivity index (χ3v) is 4.36. The Labute approximate surface area is 126 Å². The molecule has 3 rings (SSSR count). The van der Waals surface area contributed by atoms with Gasteiger partial charge >= 0.3 is 0 Å². The molecule has 2 heteroatoms. The zero-order valence-electron chi connectivity index (χ0n) is 12.4. The van der Waals surface area contributed by atoms with E-state index in [4.69, 9.17) is 10.5 Å². The largest absolute Gasteiger partial charge is 0.494 e. The van der Waals surface area contributed by atoms with Gasteiger partial charge in [0, 0.05) is 0 Å². The molecule has 1 atom stereocenters. The molecule has 0 bridgehead atoms. The molecule has 0 radical (unpaired) electrons. The fraction of sp³-hybridized carbons (Fsp3) is 0.368. The molecular formula is C19H23NO. The molecule has 0 aliphatic heterocycles. The number of hydrogen-bond acceptors (Lipinski definition) is 2. The normalized spacial score (nSPS) is 14.7. The Bertz CT molecular complexity index is 579. The number of ether oxygens (including phenoxy) is 1. The van der Waals surface area contributed by atoms with Crippen molar-refractivity contribution >= 4 is 0 Å². The number of aryl methyl sites for hydroxylation is 2. The van der Waals surface area contributed by atoms with Gasteiger partial charge in [-0.3, -0.25) is 0 Å². The van der Waals surface area contributed by atoms with E-state index in [0.29, 0.717) is 12.5 Å². The van der Waals surface area contributed by atoms with Crippen LogP contribution in [-0.2, 0) is 12.8 Å². The minimum absolute atomic E-state index is 0.376. The number of hydrogen-bond donors (Lipinski definition) is 1. The highest BCUT2D eigenvalue weighted by Crippen LogP contribution is 2.26. The Morgan fingerprint density at radius 1 is 1.00 bits per heavy atom. The van der Waals surface area contributed by atoms with Crippen molar-refractivity contribution in [3.63, 3.8) is 0 Å². The summed E-state index contributed by atoms with van der Waals surface area (Å²) in [5, 5.41) is 0. The molecule has 0 amide bonds. The molecule has 2 nitrogen and oxygen atoms in total. The zero-order chi connectivity index (χ0) is 14.5. The summed E-state index contributed by atoms with van der Waals surface area (Å²) in [4.78, 5) is 0. The van der Waals surface area contributed by atoms with E-state index in [0.717, 1.165) is 18.8 Å². The Morgan fingerprint density at radius 2 is 1.81 bits per heavy atom. The van der Waals surface area contributed by atoms with Gasteiger partial charge in [0.2, 0.25) is 0 Å². The van der Waals surface area contributed by atoms with Gasteiger partial charge in [0.25, 0.3) is 0 Å². The Balaban J connectivity index is 1.55. The first-order valence-electron chi connectivity index (χ1n) is 7.86. The van der Waals surface area contributed by atoms with Crippen LogP contribution in [0.4, 0.5) is 0 Å². The third kappa shape index (κ3) is 3.45. The van der Waals surface area contributed by atoms with Crippen LogP contribution < -0.4 is 10.5 Å². The Kier molecular flexibility index (Phi) is 4.56. The molecule has 1 aliphatic carbocycles. The smallest absolute Gasteiger partial charge is 0.119 e. The molecule has 1 unspecified atom stereocenters. The van der Waals surface area contributed by atoms with Crippen LogP contribution in [0.3, 0.4) is 0 Å². The van der Waals surface area contributed by atoms with Crippen molar-refractivity contribution < 1.29 is 4.74 Å². The van der Waals surface area contributed by atoms with Crippen molar-refractivity contribution in [2.45, 2.75) is 31.6 Å². The zero-order valence-corrected chi connectivity index (χ0v) is 12.4. The van der Waals surface area contributed by atoms with Crippen LogP contribution in [0.5, 0.6) is 5.75 Å². The summed E-state index contributed by atoms with van der Waals surface area (Å²) in [6, 6.07) is 17.0. The summed E-state index contributed by atoms with van der Waals surface area (Å²) in [5.41, 5.74) is 10.2. The van der Waals surface area contributed by atoms with Gasteiger partial charge in [0.1, 0.15) is 5.75 Å². The summed E-state index contributed by atoms with van der Waals surface area (Å²) < 4.78 is 5.93. The van der Waals surface area contributed by atoms with Crippen LogP contribution >= 0.6 is 0 Å². The van der Waals surface area contributed by atoms with E-state index in [2.05, 4.69) is 42.5 Å². The molecule has 0 saturated carbocycles. The summed E-state index contributed by atoms with van der Waals surface area (Å²) in [6.07, 6.45) is 4.65. The first kappa shape index (κ1) is 14.2. The number of fused-ring (bicyclic) bond motifs is 1. The average Bonchev–Trinajstić information content (AvgIpc) is 3.00. The van der Waals surface area contributed by atoms with E-state index in [9.17, 15) is 0 Å². The highest BCUT2D eigenvalue weighted by molar-refractivity contribution is 5.38. The van der Waals surface area contributed by atoms with Crippen LogP contribution in [0.15, 0.2) is 48.5 Å². The lowest BCUT2D eigenvalue weighted by Crippen LogP contribution is -2.15. The van der Waals surface area contributed by atoms with Crippen molar-refractivity contribution in [3.05, 3.63) is 65.2 Å². The molecule has 0 heterocycles. The average molecular weight is 281 g/mol. The van der Waals surface area contributed by atoms with E-state index in [1.165, 1.54) is 36.0 Å². The molecule has 2 aromatic carbocycles. The van der Waals surface area contributed by atoms with Gasteiger partial charge in [-0.25, -0.2) is 0 Å². The fourth-order valence-electron chi connectivity index (χ4n) is 3.10. The first-order chi connectivity index (χ1) is 10.4. The molecule has 0 fully saturated rings. The first-order valence-corrected chi connectivity index (χ1v) is 7.86. The maximum atomic E-state index is 5.93. The maximum absolute atomic E-state index is 5.93. The summed E-state index contributed by atoms with van der Waals surface area (Å²) in [7, 11) is 0. The Hall–Kier alpha value is -1.80. The van der Waals surface area contributed by atoms with Gasteiger partial charge in [-0.2, -0.15) is 0 Å². The molecule has 21 heavy (non-hydrogen) atoms. The molecule has 0 saturated heterocycles. The van der Waals surface area contributed by atoms with Crippen LogP contribution in [0.1, 0.15) is 35.4 Å². The standard InChI is InChI=1S/C19H23NO/c20-14-18(15-5-2-1-3-6-15)11-12-21-19-10-9-16-7-4-8-17(16)13-19/h1-3,5-6,9-10,13,18H,4,7-8,11-12,14,20H2. The predicted octanol–water partition coefficient (Wildman–Crippen LogP) is 3.69. The second-order valence-corrected chi connectivity index (χ2v) is 5.76. The van der Waals surface area contributed by atoms with E-state index in [1.807, 2.05) is 6.07 Å². The van der Waals surface area contributed by atoms with Crippen LogP contribution in [-0.4, -0.2) is 13.2 Å². The van der Waals surface area contributed by atoms with Gasteiger partial charge in [-0.1, -0.05) is 36.4 Å². The van der Waals surface area contributed by atoms with Crippen LogP contribution in [0, 0.1) is 0 Å². The number of nitrogens with two attached hydrogens (primary N) is 1. The van der Waals surface area contributed by atoms with E-state index in [1.54, 1.807) is 0 Å². The van der Waals surface area contributed by atoms with Crippen molar-refractivity contribution in [1.29, 1.82) is 0 Å². The summed E-state index contributed by atoms with van der Waals surface area (Å²) >= 11 is 0. The topological polar surface area (TPSA) is 35.2 Å². The molecular weight excluding hydrogens is 258 g/mol. The predicted molar refractivity (Wildman–Crippen MR) is 86.8 cm³/mol. The summed E-state index contributed by atoms with van der Waals surface area (Å²) in [6.45, 7) is 1.38. The van der Waals surface area contributed by atoms with Gasteiger partial charge in [0.05, 0.1) is 6.61 Å². The van der Waals surface area contributed by atoms with Crippen LogP contribution in [0.2, 0.25) is 0 Å². The summed E-state index contributed by atoms with van der Waals surface area (Å²) in [5.74, 6) is 1.38. The highest BCUT2D eigenvalue weighted by Gasteiger charge is 2.12. The van der Waals surface area contributed by atoms with Crippen molar-refractivity contribution in [1.82, 2.24) is 0 Å². The van der Waals surface area contributed by atoms with Crippen molar-refractivity contribution in [2.24, 2.45) is 5.73 Å². The monoisotopic (exact) mass is 281 g/mol. The molecule has 0 spiro atoms. The van der Waals surface area contributed by atoms with Gasteiger partial charge in [-0.15, -0.1) is 0 Å². The van der Waals surface area contributed by atoms with E-state index in [-0.39, 0.29) is 0 Å². The third-order valence-electron chi connectivity index (χ3n) is 4.36. The quantitative estimate of drug-likeness (QED) is 0.876.